The van der Waals surface area contributed by atoms with Gasteiger partial charge in [-0.3, -0.25) is 14.4 Å². The second-order valence-electron chi connectivity index (χ2n) is 9.91. The lowest BCUT2D eigenvalue weighted by atomic mass is 9.94. The van der Waals surface area contributed by atoms with E-state index in [1.807, 2.05) is 13.8 Å². The molecule has 214 valence electrons. The monoisotopic (exact) mass is 547 g/mol. The number of aliphatic hydroxyl groups is 2. The van der Waals surface area contributed by atoms with Crippen molar-refractivity contribution in [3.63, 3.8) is 0 Å². The summed E-state index contributed by atoms with van der Waals surface area (Å²) in [6, 6.07) is 5.50. The third-order valence-corrected chi connectivity index (χ3v) is 6.26. The van der Waals surface area contributed by atoms with E-state index in [0.29, 0.717) is 30.3 Å². The van der Waals surface area contributed by atoms with Gasteiger partial charge in [0, 0.05) is 37.2 Å². The van der Waals surface area contributed by atoms with Crippen LogP contribution in [0.1, 0.15) is 72.4 Å². The minimum atomic E-state index is -1.61. The van der Waals surface area contributed by atoms with Gasteiger partial charge in [-0.15, -0.1) is 0 Å². The van der Waals surface area contributed by atoms with Gasteiger partial charge in [0.05, 0.1) is 12.1 Å². The van der Waals surface area contributed by atoms with E-state index in [4.69, 9.17) is 0 Å². The number of halogens is 2. The lowest BCUT2D eigenvalue weighted by Crippen LogP contribution is -2.55. The summed E-state index contributed by atoms with van der Waals surface area (Å²) in [5.74, 6) is -2.95. The van der Waals surface area contributed by atoms with Crippen molar-refractivity contribution in [1.29, 1.82) is 0 Å². The van der Waals surface area contributed by atoms with Gasteiger partial charge in [-0.25, -0.2) is 8.78 Å². The molecule has 8 nitrogen and oxygen atoms in total. The minimum Gasteiger partial charge on any atom is -0.388 e. The Morgan fingerprint density at radius 1 is 0.872 bits per heavy atom. The number of carbonyl (C=O) groups excluding carboxylic acids is 3. The molecule has 0 radical (unpaired) electrons. The van der Waals surface area contributed by atoms with Gasteiger partial charge < -0.3 is 25.7 Å². The van der Waals surface area contributed by atoms with Crippen molar-refractivity contribution in [3.8, 4) is 0 Å². The molecule has 0 spiro atoms. The van der Waals surface area contributed by atoms with Crippen molar-refractivity contribution in [2.45, 2.75) is 78.2 Å². The highest BCUT2D eigenvalue weighted by Crippen LogP contribution is 2.17. The molecule has 3 amide bonds. The Kier molecular flexibility index (Phi) is 12.0. The number of benzene rings is 2. The summed E-state index contributed by atoms with van der Waals surface area (Å²) in [5.41, 5.74) is 1.30. The normalized spacial score (nSPS) is 14.2. The SMILES string of the molecule is CCCN(CCC)C(=O)c1cc(C)cc(C(=O)N[C@@H](Cc2cc(F)cc(F)c2)[C@@H](O)[C@H](O)[C@@H](C)NC(C)=O)c1. The molecule has 0 bridgehead atoms. The first-order chi connectivity index (χ1) is 18.4. The van der Waals surface area contributed by atoms with Crippen LogP contribution in [0.5, 0.6) is 0 Å². The predicted octanol–water partition coefficient (Wildman–Crippen LogP) is 3.12. The van der Waals surface area contributed by atoms with Gasteiger partial charge in [-0.1, -0.05) is 13.8 Å². The molecule has 0 aliphatic rings. The zero-order chi connectivity index (χ0) is 29.3. The highest BCUT2D eigenvalue weighted by molar-refractivity contribution is 6.00. The van der Waals surface area contributed by atoms with Crippen molar-refractivity contribution >= 4 is 17.7 Å². The Labute approximate surface area is 228 Å². The maximum absolute atomic E-state index is 13.9. The molecule has 39 heavy (non-hydrogen) atoms. The van der Waals surface area contributed by atoms with E-state index < -0.39 is 47.7 Å². The van der Waals surface area contributed by atoms with E-state index >= 15 is 0 Å². The van der Waals surface area contributed by atoms with Crippen LogP contribution in [0.15, 0.2) is 36.4 Å². The van der Waals surface area contributed by atoms with Crippen molar-refractivity contribution in [1.82, 2.24) is 15.5 Å². The number of nitrogens with zero attached hydrogens (tertiary/aromatic N) is 1. The van der Waals surface area contributed by atoms with Crippen LogP contribution in [0, 0.1) is 18.6 Å². The van der Waals surface area contributed by atoms with Crippen LogP contribution in [0.3, 0.4) is 0 Å². The average Bonchev–Trinajstić information content (AvgIpc) is 2.85. The largest absolute Gasteiger partial charge is 0.388 e. The smallest absolute Gasteiger partial charge is 0.253 e. The van der Waals surface area contributed by atoms with Gasteiger partial charge in [0.15, 0.2) is 0 Å². The highest BCUT2D eigenvalue weighted by atomic mass is 19.1. The molecular formula is C29H39F2N3O5. The highest BCUT2D eigenvalue weighted by Gasteiger charge is 2.32. The molecule has 0 aliphatic carbocycles. The van der Waals surface area contributed by atoms with Gasteiger partial charge in [-0.05, 0) is 74.6 Å². The molecule has 0 aromatic heterocycles. The van der Waals surface area contributed by atoms with E-state index in [2.05, 4.69) is 10.6 Å². The number of aryl methyl sites for hydroxylation is 1. The summed E-state index contributed by atoms with van der Waals surface area (Å²) in [4.78, 5) is 39.7. The van der Waals surface area contributed by atoms with Gasteiger partial charge >= 0.3 is 0 Å². The van der Waals surface area contributed by atoms with Gasteiger partial charge in [-0.2, -0.15) is 0 Å². The molecule has 0 unspecified atom stereocenters. The maximum atomic E-state index is 13.9. The molecule has 0 saturated carbocycles. The van der Waals surface area contributed by atoms with Crippen molar-refractivity contribution < 1.29 is 33.4 Å². The van der Waals surface area contributed by atoms with Crippen LogP contribution in [0.2, 0.25) is 0 Å². The number of aliphatic hydroxyl groups excluding tert-OH is 2. The number of amides is 3. The van der Waals surface area contributed by atoms with Crippen molar-refractivity contribution in [3.05, 3.63) is 70.3 Å². The van der Waals surface area contributed by atoms with Gasteiger partial charge in [0.2, 0.25) is 5.91 Å². The topological polar surface area (TPSA) is 119 Å². The van der Waals surface area contributed by atoms with Crippen LogP contribution >= 0.6 is 0 Å². The van der Waals surface area contributed by atoms with E-state index in [1.165, 1.54) is 19.9 Å². The summed E-state index contributed by atoms with van der Waals surface area (Å²) in [7, 11) is 0. The average molecular weight is 548 g/mol. The van der Waals surface area contributed by atoms with E-state index in [-0.39, 0.29) is 23.5 Å². The molecule has 2 aromatic carbocycles. The number of hydrogen-bond donors (Lipinski definition) is 4. The first-order valence-corrected chi connectivity index (χ1v) is 13.2. The fourth-order valence-corrected chi connectivity index (χ4v) is 4.51. The summed E-state index contributed by atoms with van der Waals surface area (Å²) in [5, 5.41) is 26.8. The lowest BCUT2D eigenvalue weighted by molar-refractivity contribution is -0.121. The second-order valence-corrected chi connectivity index (χ2v) is 9.91. The zero-order valence-corrected chi connectivity index (χ0v) is 23.1. The number of hydrogen-bond acceptors (Lipinski definition) is 5. The third-order valence-electron chi connectivity index (χ3n) is 6.26. The number of carbonyl (C=O) groups is 3. The minimum absolute atomic E-state index is 0.145. The van der Waals surface area contributed by atoms with E-state index in [9.17, 15) is 33.4 Å². The van der Waals surface area contributed by atoms with Crippen molar-refractivity contribution in [2.75, 3.05) is 13.1 Å². The zero-order valence-electron chi connectivity index (χ0n) is 23.1. The standard InChI is InChI=1S/C29H39F2N3O5/c1-6-8-34(9-7-2)29(39)22-11-17(3)10-21(15-22)28(38)33-25(14-20-12-23(30)16-24(31)13-20)27(37)26(36)18(4)32-19(5)35/h10-13,15-16,18,25-27,36-37H,6-9,14H2,1-5H3,(H,32,35)(H,33,38)/t18-,25+,26-,27-/m1/s1. The number of rotatable bonds is 13. The molecule has 4 N–H and O–H groups in total. The first kappa shape index (κ1) is 31.8. The Bertz CT molecular complexity index is 1130. The molecule has 2 aromatic rings. The molecule has 0 aliphatic heterocycles. The van der Waals surface area contributed by atoms with Gasteiger partial charge in [0.1, 0.15) is 23.8 Å². The molecule has 4 atom stereocenters. The summed E-state index contributed by atoms with van der Waals surface area (Å²) >= 11 is 0. The third kappa shape index (κ3) is 9.40. The van der Waals surface area contributed by atoms with Crippen LogP contribution in [0.4, 0.5) is 8.78 Å². The summed E-state index contributed by atoms with van der Waals surface area (Å²) in [6.07, 6.45) is -1.78. The van der Waals surface area contributed by atoms with Crippen molar-refractivity contribution in [2.24, 2.45) is 0 Å². The van der Waals surface area contributed by atoms with Crippen LogP contribution in [0.25, 0.3) is 0 Å². The molecule has 0 saturated heterocycles. The van der Waals surface area contributed by atoms with E-state index in [0.717, 1.165) is 25.0 Å². The first-order valence-electron chi connectivity index (χ1n) is 13.2. The van der Waals surface area contributed by atoms with Crippen LogP contribution in [-0.2, 0) is 11.2 Å². The van der Waals surface area contributed by atoms with Crippen LogP contribution < -0.4 is 10.6 Å². The summed E-state index contributed by atoms with van der Waals surface area (Å²) < 4.78 is 27.7. The fourth-order valence-electron chi connectivity index (χ4n) is 4.51. The summed E-state index contributed by atoms with van der Waals surface area (Å²) in [6.45, 7) is 9.58. The quantitative estimate of drug-likeness (QED) is 0.307. The van der Waals surface area contributed by atoms with Crippen LogP contribution in [-0.4, -0.2) is 70.2 Å². The molecular weight excluding hydrogens is 508 g/mol. The molecule has 0 heterocycles. The predicted molar refractivity (Wildman–Crippen MR) is 144 cm³/mol. The lowest BCUT2D eigenvalue weighted by Gasteiger charge is -2.31. The number of nitrogens with one attached hydrogen (secondary N) is 2. The van der Waals surface area contributed by atoms with Gasteiger partial charge in [0.25, 0.3) is 11.8 Å². The molecule has 0 fully saturated rings. The molecule has 2 rings (SSSR count). The second kappa shape index (κ2) is 14.7. The van der Waals surface area contributed by atoms with E-state index in [1.54, 1.807) is 24.0 Å². The molecule has 10 heteroatoms. The Hall–Kier alpha value is -3.37. The Morgan fingerprint density at radius 3 is 1.97 bits per heavy atom. The fraction of sp³-hybridized carbons (Fsp3) is 0.483. The Morgan fingerprint density at radius 2 is 1.44 bits per heavy atom. The maximum Gasteiger partial charge on any atom is 0.253 e. The Balaban J connectivity index is 2.39.